The quantitative estimate of drug-likeness (QED) is 0.355. The van der Waals surface area contributed by atoms with Crippen molar-refractivity contribution < 1.29 is 48.0 Å². The van der Waals surface area contributed by atoms with Gasteiger partial charge < -0.3 is 24.8 Å². The summed E-state index contributed by atoms with van der Waals surface area (Å²) >= 11 is 3.06. The van der Waals surface area contributed by atoms with Crippen molar-refractivity contribution in [2.24, 2.45) is 0 Å². The molecule has 4 bridgehead atoms. The fraction of sp³-hybridized carbons (Fsp3) is 0.0833. The predicted octanol–water partition coefficient (Wildman–Crippen LogP) is -0.106. The van der Waals surface area contributed by atoms with Crippen LogP contribution in [0.25, 0.3) is 12.2 Å². The van der Waals surface area contributed by atoms with Crippen LogP contribution in [0.2, 0.25) is 0 Å². The molecule has 3 aliphatic rings. The maximum Gasteiger partial charge on any atom is -1.00 e. The van der Waals surface area contributed by atoms with Gasteiger partial charge in [-0.1, -0.05) is 0 Å². The Morgan fingerprint density at radius 1 is 0.862 bits per heavy atom. The molecule has 3 unspecified atom stereocenters. The largest absolute Gasteiger partial charge is 1.00 e. The summed E-state index contributed by atoms with van der Waals surface area (Å²) in [5.74, 6) is 0. The van der Waals surface area contributed by atoms with Crippen LogP contribution in [0.4, 0.5) is 0 Å². The van der Waals surface area contributed by atoms with Crippen molar-refractivity contribution in [3.8, 4) is 0 Å². The van der Waals surface area contributed by atoms with E-state index in [-0.39, 0.29) is 27.7 Å². The number of halogens is 3. The first kappa shape index (κ1) is 21.7. The summed E-state index contributed by atoms with van der Waals surface area (Å²) in [5, 5.41) is 3.08. The molecular formula is C24H16BrCl2PZr. The van der Waals surface area contributed by atoms with E-state index in [1.165, 1.54) is 20.9 Å². The maximum atomic E-state index is 3.95. The van der Waals surface area contributed by atoms with Crippen LogP contribution in [-0.4, -0.2) is 0 Å². The number of hydrogen-bond donors (Lipinski definition) is 0. The van der Waals surface area contributed by atoms with E-state index in [1.54, 1.807) is 16.4 Å². The van der Waals surface area contributed by atoms with E-state index in [2.05, 4.69) is 107 Å². The normalized spacial score (nSPS) is 24.4. The van der Waals surface area contributed by atoms with Crippen molar-refractivity contribution in [2.45, 2.75) is 6.49 Å². The Labute approximate surface area is 205 Å². The fourth-order valence-electron chi connectivity index (χ4n) is 4.70. The minimum absolute atomic E-state index is 0. The third-order valence-electron chi connectivity index (χ3n) is 5.83. The predicted molar refractivity (Wildman–Crippen MR) is 116 cm³/mol. The average Bonchev–Trinajstić information content (AvgIpc) is 3.21. The van der Waals surface area contributed by atoms with Gasteiger partial charge in [-0.15, -0.1) is 0 Å². The van der Waals surface area contributed by atoms with Crippen molar-refractivity contribution in [1.82, 2.24) is 0 Å². The molecule has 6 rings (SSSR count). The molecule has 0 nitrogen and oxygen atoms in total. The van der Waals surface area contributed by atoms with E-state index in [0.29, 0.717) is 3.63 Å². The van der Waals surface area contributed by atoms with Gasteiger partial charge in [0.1, 0.15) is 0 Å². The van der Waals surface area contributed by atoms with Gasteiger partial charge in [0.15, 0.2) is 0 Å². The monoisotopic (exact) mass is 574 g/mol. The molecule has 0 fully saturated rings. The van der Waals surface area contributed by atoms with Crippen molar-refractivity contribution in [3.05, 3.63) is 106 Å². The number of hydrogen-bond acceptors (Lipinski definition) is 0. The number of rotatable bonds is 1. The van der Waals surface area contributed by atoms with Gasteiger partial charge in [0.05, 0.1) is 0 Å². The van der Waals surface area contributed by atoms with Gasteiger partial charge >= 0.3 is 182 Å². The van der Waals surface area contributed by atoms with Crippen LogP contribution in [0.5, 0.6) is 0 Å². The molecule has 3 aromatic rings. The zero-order chi connectivity index (χ0) is 18.0. The Bertz CT molecular complexity index is 1140. The van der Waals surface area contributed by atoms with Crippen molar-refractivity contribution in [2.75, 3.05) is 0 Å². The first-order valence-electron chi connectivity index (χ1n) is 9.20. The van der Waals surface area contributed by atoms with Crippen molar-refractivity contribution in [1.29, 1.82) is 0 Å². The molecule has 29 heavy (non-hydrogen) atoms. The Kier molecular flexibility index (Phi) is 6.16. The molecule has 0 N–H and O–H groups in total. The second-order valence-electron chi connectivity index (χ2n) is 7.24. The summed E-state index contributed by atoms with van der Waals surface area (Å²) in [6.45, 7) is 0. The summed E-state index contributed by atoms with van der Waals surface area (Å²) < 4.78 is 2.26. The van der Waals surface area contributed by atoms with E-state index in [1.807, 2.05) is 0 Å². The molecular weight excluding hydrogens is 561 g/mol. The Morgan fingerprint density at radius 2 is 1.62 bits per heavy atom. The summed E-state index contributed by atoms with van der Waals surface area (Å²) in [7, 11) is -0.463. The van der Waals surface area contributed by atoms with Gasteiger partial charge in [0.25, 0.3) is 0 Å². The van der Waals surface area contributed by atoms with Gasteiger partial charge in [0, 0.05) is 0 Å². The standard InChI is InChI=1S/C24H16BrP.2ClH.Zr/c25-19-15-18-8-6-12-23(22(18)16-19)26(20-9-2-1-3-10-20)24-14-13-17-7-4-5-11-21(17)24;;;/h1-16H;2*1H;/q;;;+2/p-2. The fourth-order valence-corrected chi connectivity index (χ4v) is 16.4. The van der Waals surface area contributed by atoms with Crippen LogP contribution in [0, 0.1) is 0 Å². The van der Waals surface area contributed by atoms with Crippen LogP contribution < -0.4 is 35.4 Å². The Morgan fingerprint density at radius 3 is 2.45 bits per heavy atom. The second kappa shape index (κ2) is 8.22. The van der Waals surface area contributed by atoms with Crippen molar-refractivity contribution >= 4 is 46.6 Å². The topological polar surface area (TPSA) is 0 Å². The molecule has 0 saturated carbocycles. The minimum Gasteiger partial charge on any atom is -1.00 e. The summed E-state index contributed by atoms with van der Waals surface area (Å²) in [4.78, 5) is 0. The molecule has 0 radical (unpaired) electrons. The van der Waals surface area contributed by atoms with Crippen LogP contribution >= 0.6 is 23.9 Å². The van der Waals surface area contributed by atoms with Crippen LogP contribution in [0.3, 0.4) is 0 Å². The third kappa shape index (κ3) is 3.14. The first-order valence-corrected chi connectivity index (χ1v) is 14.0. The van der Waals surface area contributed by atoms with E-state index in [4.69, 9.17) is 0 Å². The molecule has 1 aliphatic heterocycles. The summed E-state index contributed by atoms with van der Waals surface area (Å²) in [5.41, 5.74) is 6.08. The van der Waals surface area contributed by atoms with Gasteiger partial charge in [-0.25, -0.2) is 0 Å². The van der Waals surface area contributed by atoms with E-state index in [9.17, 15) is 0 Å². The summed E-state index contributed by atoms with van der Waals surface area (Å²) in [6, 6.07) is 27.5. The molecule has 3 aromatic carbocycles. The van der Waals surface area contributed by atoms with Crippen LogP contribution in [0.15, 0.2) is 83.4 Å². The number of fused-ring (bicyclic) bond motifs is 2. The smallest absolute Gasteiger partial charge is 1.00 e. The molecule has 0 amide bonds. The molecule has 1 spiro atoms. The number of benzene rings is 3. The molecule has 0 aromatic heterocycles. The first-order chi connectivity index (χ1) is 13.3. The molecule has 142 valence electrons. The van der Waals surface area contributed by atoms with Gasteiger partial charge in [0.2, 0.25) is 0 Å². The minimum atomic E-state index is -0.890. The summed E-state index contributed by atoms with van der Waals surface area (Å²) in [6.07, 6.45) is 7.42. The van der Waals surface area contributed by atoms with E-state index in [0.717, 1.165) is 0 Å². The van der Waals surface area contributed by atoms with E-state index >= 15 is 0 Å². The zero-order valence-electron chi connectivity index (χ0n) is 15.3. The third-order valence-corrected chi connectivity index (χ3v) is 17.1. The van der Waals surface area contributed by atoms with Crippen LogP contribution in [0.1, 0.15) is 25.9 Å². The number of allylic oxidation sites excluding steroid dienone is 2. The average molecular weight is 577 g/mol. The van der Waals surface area contributed by atoms with Gasteiger partial charge in [-0.05, 0) is 0 Å². The molecule has 5 heteroatoms. The van der Waals surface area contributed by atoms with Crippen LogP contribution in [-0.2, 0) is 26.1 Å². The Balaban J connectivity index is 0.00000102. The molecule has 1 heterocycles. The van der Waals surface area contributed by atoms with E-state index < -0.39 is 31.2 Å². The molecule has 3 atom stereocenters. The van der Waals surface area contributed by atoms with Gasteiger partial charge in [-0.2, -0.15) is 0 Å². The zero-order valence-corrected chi connectivity index (χ0v) is 21.8. The Hall–Kier alpha value is -0.487. The molecule has 0 saturated heterocycles. The maximum absolute atomic E-state index is 3.95. The second-order valence-corrected chi connectivity index (χ2v) is 15.6. The van der Waals surface area contributed by atoms with Crippen molar-refractivity contribution in [3.63, 3.8) is 0 Å². The van der Waals surface area contributed by atoms with Gasteiger partial charge in [-0.3, -0.25) is 0 Å². The molecule has 2 aliphatic carbocycles. The SMILES string of the molecule is BrC1=Cc2c3cccc2P(c2ccccc2)[C]2(C=Cc4ccccc42)[Zr+2][CH]13.[Cl-].[Cl-].